The summed E-state index contributed by atoms with van der Waals surface area (Å²) in [6.45, 7) is 2.38. The number of carbonyl (C=O) groups excluding carboxylic acids is 2. The molecule has 0 aliphatic carbocycles. The SMILES string of the molecule is C[C@H]1CC[C@H](C(N)=O)CN1C(=O)Cc1cccc(O)c1. The molecule has 0 spiro atoms. The van der Waals surface area contributed by atoms with Crippen LogP contribution in [0.15, 0.2) is 24.3 Å². The molecule has 108 valence electrons. The third-order valence-electron chi connectivity index (χ3n) is 3.87. The Hall–Kier alpha value is -2.04. The van der Waals surface area contributed by atoms with Crippen LogP contribution in [0.5, 0.6) is 5.75 Å². The predicted octanol–water partition coefficient (Wildman–Crippen LogP) is 1.05. The van der Waals surface area contributed by atoms with Gasteiger partial charge in [0.15, 0.2) is 0 Å². The molecule has 5 nitrogen and oxygen atoms in total. The van der Waals surface area contributed by atoms with E-state index in [1.807, 2.05) is 6.92 Å². The first kappa shape index (κ1) is 14.4. The van der Waals surface area contributed by atoms with Crippen LogP contribution < -0.4 is 5.73 Å². The lowest BCUT2D eigenvalue weighted by atomic mass is 9.92. The van der Waals surface area contributed by atoms with Gasteiger partial charge in [-0.25, -0.2) is 0 Å². The first-order valence-corrected chi connectivity index (χ1v) is 6.84. The van der Waals surface area contributed by atoms with Crippen LogP contribution >= 0.6 is 0 Å². The average molecular weight is 276 g/mol. The number of rotatable bonds is 3. The van der Waals surface area contributed by atoms with Gasteiger partial charge in [0.2, 0.25) is 11.8 Å². The van der Waals surface area contributed by atoms with E-state index in [9.17, 15) is 14.7 Å². The highest BCUT2D eigenvalue weighted by atomic mass is 16.3. The summed E-state index contributed by atoms with van der Waals surface area (Å²) in [5, 5.41) is 9.42. The zero-order valence-electron chi connectivity index (χ0n) is 11.6. The van der Waals surface area contributed by atoms with Gasteiger partial charge >= 0.3 is 0 Å². The fraction of sp³-hybridized carbons (Fsp3) is 0.467. The van der Waals surface area contributed by atoms with Crippen LogP contribution in [0.2, 0.25) is 0 Å². The Morgan fingerprint density at radius 2 is 2.15 bits per heavy atom. The molecule has 0 radical (unpaired) electrons. The summed E-state index contributed by atoms with van der Waals surface area (Å²) in [4.78, 5) is 25.4. The maximum absolute atomic E-state index is 12.3. The molecule has 0 aromatic heterocycles. The second kappa shape index (κ2) is 5.94. The van der Waals surface area contributed by atoms with Crippen molar-refractivity contribution in [2.45, 2.75) is 32.2 Å². The normalized spacial score (nSPS) is 22.6. The second-order valence-electron chi connectivity index (χ2n) is 5.42. The van der Waals surface area contributed by atoms with Crippen LogP contribution in [0, 0.1) is 5.92 Å². The summed E-state index contributed by atoms with van der Waals surface area (Å²) >= 11 is 0. The fourth-order valence-corrected chi connectivity index (χ4v) is 2.63. The topological polar surface area (TPSA) is 83.6 Å². The van der Waals surface area contributed by atoms with E-state index >= 15 is 0 Å². The van der Waals surface area contributed by atoms with E-state index in [2.05, 4.69) is 0 Å². The van der Waals surface area contributed by atoms with Crippen molar-refractivity contribution >= 4 is 11.8 Å². The third kappa shape index (κ3) is 3.29. The number of piperidine rings is 1. The minimum atomic E-state index is -0.341. The summed E-state index contributed by atoms with van der Waals surface area (Å²) in [6.07, 6.45) is 1.76. The lowest BCUT2D eigenvalue weighted by molar-refractivity contribution is -0.136. The smallest absolute Gasteiger partial charge is 0.227 e. The van der Waals surface area contributed by atoms with Gasteiger partial charge in [-0.2, -0.15) is 0 Å². The Bertz CT molecular complexity index is 516. The number of hydrogen-bond acceptors (Lipinski definition) is 3. The van der Waals surface area contributed by atoms with Gasteiger partial charge in [-0.05, 0) is 37.5 Å². The van der Waals surface area contributed by atoms with Crippen molar-refractivity contribution in [3.8, 4) is 5.75 Å². The molecule has 2 amide bonds. The zero-order valence-corrected chi connectivity index (χ0v) is 11.6. The van der Waals surface area contributed by atoms with E-state index in [0.717, 1.165) is 18.4 Å². The summed E-state index contributed by atoms with van der Waals surface area (Å²) in [5.74, 6) is -0.475. The van der Waals surface area contributed by atoms with E-state index < -0.39 is 0 Å². The van der Waals surface area contributed by atoms with Crippen molar-refractivity contribution < 1.29 is 14.7 Å². The minimum Gasteiger partial charge on any atom is -0.508 e. The Balaban J connectivity index is 2.05. The third-order valence-corrected chi connectivity index (χ3v) is 3.87. The number of benzene rings is 1. The number of nitrogens with two attached hydrogens (primary N) is 1. The van der Waals surface area contributed by atoms with Crippen molar-refractivity contribution in [2.75, 3.05) is 6.54 Å². The van der Waals surface area contributed by atoms with Gasteiger partial charge in [0, 0.05) is 12.6 Å². The van der Waals surface area contributed by atoms with Crippen LogP contribution in [0.4, 0.5) is 0 Å². The molecule has 20 heavy (non-hydrogen) atoms. The highest BCUT2D eigenvalue weighted by Crippen LogP contribution is 2.23. The molecule has 1 aromatic rings. The Labute approximate surface area is 118 Å². The van der Waals surface area contributed by atoms with Crippen LogP contribution in [0.25, 0.3) is 0 Å². The summed E-state index contributed by atoms with van der Waals surface area (Å²) in [6, 6.07) is 6.79. The molecule has 1 aliphatic rings. The standard InChI is InChI=1S/C15H20N2O3/c1-10-5-6-12(15(16)20)9-17(10)14(19)8-11-3-2-4-13(18)7-11/h2-4,7,10,12,18H,5-6,8-9H2,1H3,(H2,16,20)/t10-,12-/m0/s1. The quantitative estimate of drug-likeness (QED) is 0.865. The Morgan fingerprint density at radius 1 is 1.40 bits per heavy atom. The van der Waals surface area contributed by atoms with Crippen molar-refractivity contribution in [3.63, 3.8) is 0 Å². The molecule has 1 fully saturated rings. The van der Waals surface area contributed by atoms with Gasteiger partial charge in [-0.3, -0.25) is 9.59 Å². The largest absolute Gasteiger partial charge is 0.508 e. The number of nitrogens with zero attached hydrogens (tertiary/aromatic N) is 1. The molecule has 1 aliphatic heterocycles. The van der Waals surface area contributed by atoms with Crippen molar-refractivity contribution in [3.05, 3.63) is 29.8 Å². The fourth-order valence-electron chi connectivity index (χ4n) is 2.63. The molecule has 0 bridgehead atoms. The van der Waals surface area contributed by atoms with Gasteiger partial charge in [0.25, 0.3) is 0 Å². The van der Waals surface area contributed by atoms with Gasteiger partial charge < -0.3 is 15.7 Å². The lowest BCUT2D eigenvalue weighted by Gasteiger charge is -2.37. The molecular formula is C15H20N2O3. The number of hydrogen-bond donors (Lipinski definition) is 2. The number of amides is 2. The molecular weight excluding hydrogens is 256 g/mol. The van der Waals surface area contributed by atoms with E-state index in [1.54, 1.807) is 29.2 Å². The summed E-state index contributed by atoms with van der Waals surface area (Å²) < 4.78 is 0. The Kier molecular flexibility index (Phi) is 4.27. The molecule has 5 heteroatoms. The van der Waals surface area contributed by atoms with Crippen LogP contribution in [0.3, 0.4) is 0 Å². The van der Waals surface area contributed by atoms with Crippen LogP contribution in [0.1, 0.15) is 25.3 Å². The number of likely N-dealkylation sites (tertiary alicyclic amines) is 1. The van der Waals surface area contributed by atoms with Gasteiger partial charge in [0.05, 0.1) is 12.3 Å². The number of primary amides is 1. The highest BCUT2D eigenvalue weighted by Gasteiger charge is 2.31. The number of phenolic OH excluding ortho intramolecular Hbond substituents is 1. The van der Waals surface area contributed by atoms with E-state index in [4.69, 9.17) is 5.73 Å². The predicted molar refractivity (Wildman–Crippen MR) is 74.9 cm³/mol. The maximum atomic E-state index is 12.3. The zero-order chi connectivity index (χ0) is 14.7. The van der Waals surface area contributed by atoms with Crippen LogP contribution in [-0.2, 0) is 16.0 Å². The van der Waals surface area contributed by atoms with Gasteiger partial charge in [-0.15, -0.1) is 0 Å². The number of carbonyl (C=O) groups is 2. The van der Waals surface area contributed by atoms with E-state index in [-0.39, 0.29) is 35.9 Å². The first-order valence-electron chi connectivity index (χ1n) is 6.84. The number of aromatic hydroxyl groups is 1. The molecule has 3 N–H and O–H groups in total. The van der Waals surface area contributed by atoms with E-state index in [0.29, 0.717) is 6.54 Å². The lowest BCUT2D eigenvalue weighted by Crippen LogP contribution is -2.49. The molecule has 1 saturated heterocycles. The van der Waals surface area contributed by atoms with Gasteiger partial charge in [-0.1, -0.05) is 12.1 Å². The summed E-state index contributed by atoms with van der Waals surface area (Å²) in [5.41, 5.74) is 6.10. The van der Waals surface area contributed by atoms with Gasteiger partial charge in [0.1, 0.15) is 5.75 Å². The molecule has 2 atom stereocenters. The second-order valence-corrected chi connectivity index (χ2v) is 5.42. The van der Waals surface area contributed by atoms with Crippen molar-refractivity contribution in [1.82, 2.24) is 4.90 Å². The van der Waals surface area contributed by atoms with Crippen LogP contribution in [-0.4, -0.2) is 34.4 Å². The maximum Gasteiger partial charge on any atom is 0.227 e. The highest BCUT2D eigenvalue weighted by molar-refractivity contribution is 5.81. The number of phenols is 1. The average Bonchev–Trinajstić information content (AvgIpc) is 2.38. The molecule has 0 unspecified atom stereocenters. The minimum absolute atomic E-state index is 0.0333. The molecule has 2 rings (SSSR count). The van der Waals surface area contributed by atoms with E-state index in [1.165, 1.54) is 0 Å². The first-order chi connectivity index (χ1) is 9.47. The molecule has 0 saturated carbocycles. The molecule has 1 heterocycles. The van der Waals surface area contributed by atoms with Crippen molar-refractivity contribution in [2.24, 2.45) is 11.7 Å². The van der Waals surface area contributed by atoms with Crippen molar-refractivity contribution in [1.29, 1.82) is 0 Å². The molecule has 1 aromatic carbocycles. The summed E-state index contributed by atoms with van der Waals surface area (Å²) in [7, 11) is 0. The monoisotopic (exact) mass is 276 g/mol. The Morgan fingerprint density at radius 3 is 2.80 bits per heavy atom.